The van der Waals surface area contributed by atoms with Gasteiger partial charge >= 0.3 is 0 Å². The fourth-order valence-electron chi connectivity index (χ4n) is 1.83. The van der Waals surface area contributed by atoms with Gasteiger partial charge in [0, 0.05) is 5.69 Å². The Labute approximate surface area is 125 Å². The van der Waals surface area contributed by atoms with Gasteiger partial charge in [0.1, 0.15) is 0 Å². The fourth-order valence-corrected chi connectivity index (χ4v) is 1.83. The van der Waals surface area contributed by atoms with Gasteiger partial charge < -0.3 is 10.6 Å². The second-order valence-electron chi connectivity index (χ2n) is 4.95. The monoisotopic (exact) mass is 287 g/mol. The average Bonchev–Trinajstić information content (AvgIpc) is 2.41. The highest BCUT2D eigenvalue weighted by atomic mass is 16.2. The van der Waals surface area contributed by atoms with E-state index in [0.717, 1.165) is 16.8 Å². The van der Waals surface area contributed by atoms with E-state index in [0.29, 0.717) is 0 Å². The van der Waals surface area contributed by atoms with E-state index in [9.17, 15) is 9.59 Å². The summed E-state index contributed by atoms with van der Waals surface area (Å²) in [6.07, 6.45) is 5.06. The van der Waals surface area contributed by atoms with Crippen molar-refractivity contribution in [1.29, 1.82) is 0 Å². The molecule has 0 fully saturated rings. The minimum absolute atomic E-state index is 0.127. The highest BCUT2D eigenvalue weighted by Gasteiger charge is 2.11. The smallest absolute Gasteiger partial charge is 0.238 e. The molecule has 0 radical (unpaired) electrons. The van der Waals surface area contributed by atoms with Crippen LogP contribution < -0.4 is 10.6 Å². The van der Waals surface area contributed by atoms with Crippen LogP contribution >= 0.6 is 0 Å². The lowest BCUT2D eigenvalue weighted by atomic mass is 10.1. The lowest BCUT2D eigenvalue weighted by Gasteiger charge is -2.16. The molecule has 0 aromatic heterocycles. The normalized spacial score (nSPS) is 10.0. The maximum atomic E-state index is 12.0. The molecule has 1 aromatic carbocycles. The molecule has 5 heteroatoms. The van der Waals surface area contributed by atoms with E-state index in [1.165, 1.54) is 0 Å². The Morgan fingerprint density at radius 3 is 2.57 bits per heavy atom. The number of carbonyl (C=O) groups excluding carboxylic acids is 2. The minimum Gasteiger partial charge on any atom is -0.344 e. The molecule has 0 saturated carbocycles. The van der Waals surface area contributed by atoms with E-state index in [4.69, 9.17) is 6.42 Å². The van der Waals surface area contributed by atoms with Crippen LogP contribution in [0.1, 0.15) is 11.1 Å². The summed E-state index contributed by atoms with van der Waals surface area (Å²) in [4.78, 5) is 25.1. The standard InChI is InChI=1S/C16H21N3O2/c1-5-9-17-15(20)10-19(4)11-16(21)18-14-8-6-7-12(2)13(14)3/h1,6-8H,9-11H2,2-4H3,(H,17,20)(H,18,21). The molecule has 1 rings (SSSR count). The van der Waals surface area contributed by atoms with Crippen molar-refractivity contribution < 1.29 is 9.59 Å². The summed E-state index contributed by atoms with van der Waals surface area (Å²) >= 11 is 0. The molecule has 0 bridgehead atoms. The van der Waals surface area contributed by atoms with Crippen molar-refractivity contribution in [2.24, 2.45) is 0 Å². The summed E-state index contributed by atoms with van der Waals surface area (Å²) in [6, 6.07) is 5.75. The third-order valence-corrected chi connectivity index (χ3v) is 3.09. The Balaban J connectivity index is 2.48. The number of hydrogen-bond donors (Lipinski definition) is 2. The third kappa shape index (κ3) is 5.67. The molecular formula is C16H21N3O2. The first kappa shape index (κ1) is 16.7. The van der Waals surface area contributed by atoms with Gasteiger partial charge in [-0.15, -0.1) is 6.42 Å². The maximum absolute atomic E-state index is 12.0. The molecule has 0 atom stereocenters. The van der Waals surface area contributed by atoms with Gasteiger partial charge in [-0.2, -0.15) is 0 Å². The average molecular weight is 287 g/mol. The summed E-state index contributed by atoms with van der Waals surface area (Å²) in [7, 11) is 1.71. The summed E-state index contributed by atoms with van der Waals surface area (Å²) in [5.74, 6) is 1.97. The van der Waals surface area contributed by atoms with Crippen molar-refractivity contribution >= 4 is 17.5 Å². The van der Waals surface area contributed by atoms with Crippen LogP contribution in [0.4, 0.5) is 5.69 Å². The van der Waals surface area contributed by atoms with Crippen molar-refractivity contribution in [3.8, 4) is 12.3 Å². The zero-order valence-electron chi connectivity index (χ0n) is 12.7. The zero-order valence-corrected chi connectivity index (χ0v) is 12.7. The predicted molar refractivity (Wildman–Crippen MR) is 83.9 cm³/mol. The van der Waals surface area contributed by atoms with E-state index in [2.05, 4.69) is 16.6 Å². The first-order valence-electron chi connectivity index (χ1n) is 6.68. The Hall–Kier alpha value is -2.32. The van der Waals surface area contributed by atoms with Crippen LogP contribution in [0.2, 0.25) is 0 Å². The van der Waals surface area contributed by atoms with Crippen molar-refractivity contribution in [2.75, 3.05) is 32.0 Å². The number of hydrogen-bond acceptors (Lipinski definition) is 3. The van der Waals surface area contributed by atoms with Gasteiger partial charge in [0.25, 0.3) is 0 Å². The van der Waals surface area contributed by atoms with E-state index in [-0.39, 0.29) is 31.4 Å². The highest BCUT2D eigenvalue weighted by Crippen LogP contribution is 2.17. The number of rotatable bonds is 6. The third-order valence-electron chi connectivity index (χ3n) is 3.09. The van der Waals surface area contributed by atoms with E-state index in [1.54, 1.807) is 11.9 Å². The molecular weight excluding hydrogens is 266 g/mol. The minimum atomic E-state index is -0.199. The highest BCUT2D eigenvalue weighted by molar-refractivity contribution is 5.93. The van der Waals surface area contributed by atoms with Crippen LogP contribution in [-0.4, -0.2) is 43.4 Å². The molecule has 21 heavy (non-hydrogen) atoms. The molecule has 0 aliphatic carbocycles. The molecule has 0 aliphatic rings. The van der Waals surface area contributed by atoms with Crippen LogP contribution in [0, 0.1) is 26.2 Å². The van der Waals surface area contributed by atoms with E-state index < -0.39 is 0 Å². The number of nitrogens with one attached hydrogen (secondary N) is 2. The summed E-state index contributed by atoms with van der Waals surface area (Å²) in [6.45, 7) is 4.41. The quantitative estimate of drug-likeness (QED) is 0.765. The molecule has 0 aliphatic heterocycles. The maximum Gasteiger partial charge on any atom is 0.238 e. The number of carbonyl (C=O) groups is 2. The van der Waals surface area contributed by atoms with E-state index >= 15 is 0 Å². The molecule has 2 N–H and O–H groups in total. The topological polar surface area (TPSA) is 61.4 Å². The number of amides is 2. The van der Waals surface area contributed by atoms with Gasteiger partial charge in [0.2, 0.25) is 11.8 Å². The molecule has 0 spiro atoms. The molecule has 0 saturated heterocycles. The van der Waals surface area contributed by atoms with Crippen LogP contribution in [0.5, 0.6) is 0 Å². The van der Waals surface area contributed by atoms with Gasteiger partial charge in [0.05, 0.1) is 19.6 Å². The first-order valence-corrected chi connectivity index (χ1v) is 6.68. The fraction of sp³-hybridized carbons (Fsp3) is 0.375. The van der Waals surface area contributed by atoms with Gasteiger partial charge in [-0.1, -0.05) is 18.1 Å². The summed E-state index contributed by atoms with van der Waals surface area (Å²) < 4.78 is 0. The van der Waals surface area contributed by atoms with Gasteiger partial charge in [-0.05, 0) is 38.1 Å². The van der Waals surface area contributed by atoms with Crippen molar-refractivity contribution in [3.05, 3.63) is 29.3 Å². The number of terminal acetylenes is 1. The van der Waals surface area contributed by atoms with Crippen LogP contribution in [0.25, 0.3) is 0 Å². The SMILES string of the molecule is C#CCNC(=O)CN(C)CC(=O)Nc1cccc(C)c1C. The Morgan fingerprint density at radius 2 is 1.90 bits per heavy atom. The van der Waals surface area contributed by atoms with Gasteiger partial charge in [-0.25, -0.2) is 0 Å². The molecule has 0 heterocycles. The van der Waals surface area contributed by atoms with Gasteiger partial charge in [-0.3, -0.25) is 14.5 Å². The van der Waals surface area contributed by atoms with Crippen LogP contribution in [0.15, 0.2) is 18.2 Å². The Bertz CT molecular complexity index is 561. The number of likely N-dealkylation sites (N-methyl/N-ethyl adjacent to an activating group) is 1. The van der Waals surface area contributed by atoms with Crippen LogP contribution in [0.3, 0.4) is 0 Å². The summed E-state index contributed by atoms with van der Waals surface area (Å²) in [5.41, 5.74) is 2.96. The molecule has 0 unspecified atom stereocenters. The number of nitrogens with zero attached hydrogens (tertiary/aromatic N) is 1. The lowest BCUT2D eigenvalue weighted by Crippen LogP contribution is -2.39. The Morgan fingerprint density at radius 1 is 1.24 bits per heavy atom. The lowest BCUT2D eigenvalue weighted by molar-refractivity contribution is -0.122. The molecule has 1 aromatic rings. The molecule has 2 amide bonds. The molecule has 112 valence electrons. The number of anilines is 1. The van der Waals surface area contributed by atoms with Crippen LogP contribution in [-0.2, 0) is 9.59 Å². The summed E-state index contributed by atoms with van der Waals surface area (Å²) in [5, 5.41) is 5.41. The van der Waals surface area contributed by atoms with Crippen molar-refractivity contribution in [2.45, 2.75) is 13.8 Å². The number of benzene rings is 1. The second kappa shape index (κ2) is 8.08. The zero-order chi connectivity index (χ0) is 15.8. The first-order chi connectivity index (χ1) is 9.93. The Kier molecular flexibility index (Phi) is 6.44. The number of aryl methyl sites for hydroxylation is 1. The van der Waals surface area contributed by atoms with E-state index in [1.807, 2.05) is 32.0 Å². The largest absolute Gasteiger partial charge is 0.344 e. The van der Waals surface area contributed by atoms with Crippen molar-refractivity contribution in [1.82, 2.24) is 10.2 Å². The second-order valence-corrected chi connectivity index (χ2v) is 4.95. The molecule has 5 nitrogen and oxygen atoms in total. The van der Waals surface area contributed by atoms with Gasteiger partial charge in [0.15, 0.2) is 0 Å². The predicted octanol–water partition coefficient (Wildman–Crippen LogP) is 0.923. The van der Waals surface area contributed by atoms with Crippen molar-refractivity contribution in [3.63, 3.8) is 0 Å².